The Morgan fingerprint density at radius 2 is 1.86 bits per heavy atom. The highest BCUT2D eigenvalue weighted by atomic mass is 79.9. The first-order valence-corrected chi connectivity index (χ1v) is 8.43. The minimum Gasteiger partial charge on any atom is -0.324 e. The van der Waals surface area contributed by atoms with Crippen LogP contribution in [0, 0.1) is 13.8 Å². The van der Waals surface area contributed by atoms with E-state index >= 15 is 0 Å². The zero-order chi connectivity index (χ0) is 15.4. The van der Waals surface area contributed by atoms with Gasteiger partial charge in [0, 0.05) is 9.37 Å². The lowest BCUT2D eigenvalue weighted by molar-refractivity contribution is -0.115. The van der Waals surface area contributed by atoms with Crippen LogP contribution in [0.15, 0.2) is 51.8 Å². The van der Waals surface area contributed by atoms with Crippen LogP contribution in [0.25, 0.3) is 0 Å². The van der Waals surface area contributed by atoms with Crippen LogP contribution in [0.5, 0.6) is 0 Å². The normalized spacial score (nSPS) is 12.0. The van der Waals surface area contributed by atoms with E-state index < -0.39 is 0 Å². The van der Waals surface area contributed by atoms with Crippen LogP contribution in [0.4, 0.5) is 5.69 Å². The average Bonchev–Trinajstić information content (AvgIpc) is 2.41. The molecule has 0 saturated carbocycles. The molecule has 0 heterocycles. The molecule has 21 heavy (non-hydrogen) atoms. The zero-order valence-electron chi connectivity index (χ0n) is 12.3. The van der Waals surface area contributed by atoms with Crippen LogP contribution in [0.1, 0.15) is 18.1 Å². The molecular weight excluding hydrogens is 346 g/mol. The van der Waals surface area contributed by atoms with Crippen LogP contribution >= 0.6 is 27.7 Å². The number of rotatable bonds is 4. The molecule has 2 aromatic carbocycles. The van der Waals surface area contributed by atoms with Crippen molar-refractivity contribution in [1.82, 2.24) is 0 Å². The van der Waals surface area contributed by atoms with E-state index in [1.165, 1.54) is 5.56 Å². The van der Waals surface area contributed by atoms with Gasteiger partial charge in [0.1, 0.15) is 0 Å². The molecule has 0 saturated heterocycles. The van der Waals surface area contributed by atoms with E-state index in [-0.39, 0.29) is 11.2 Å². The number of carbonyl (C=O) groups excluding carboxylic acids is 1. The lowest BCUT2D eigenvalue weighted by Crippen LogP contribution is -2.22. The predicted molar refractivity (Wildman–Crippen MR) is 94.0 cm³/mol. The van der Waals surface area contributed by atoms with Crippen molar-refractivity contribution in [3.8, 4) is 0 Å². The Balaban J connectivity index is 2.02. The monoisotopic (exact) mass is 363 g/mol. The molecule has 0 fully saturated rings. The van der Waals surface area contributed by atoms with Gasteiger partial charge in [-0.05, 0) is 66.5 Å². The summed E-state index contributed by atoms with van der Waals surface area (Å²) < 4.78 is 0.906. The fraction of sp³-hybridized carbons (Fsp3) is 0.235. The molecule has 2 rings (SSSR count). The average molecular weight is 364 g/mol. The SMILES string of the molecule is Cc1cccc(SC(C)C(=O)Nc2ccc(C)cc2Br)c1. The number of halogens is 1. The van der Waals surface area contributed by atoms with E-state index in [0.717, 1.165) is 20.6 Å². The van der Waals surface area contributed by atoms with E-state index in [0.29, 0.717) is 0 Å². The summed E-state index contributed by atoms with van der Waals surface area (Å²) >= 11 is 5.05. The third-order valence-corrected chi connectivity index (χ3v) is 4.80. The van der Waals surface area contributed by atoms with Crippen LogP contribution in [-0.2, 0) is 4.79 Å². The van der Waals surface area contributed by atoms with Gasteiger partial charge in [-0.2, -0.15) is 0 Å². The quantitative estimate of drug-likeness (QED) is 0.757. The van der Waals surface area contributed by atoms with Crippen LogP contribution in [-0.4, -0.2) is 11.2 Å². The zero-order valence-corrected chi connectivity index (χ0v) is 14.7. The van der Waals surface area contributed by atoms with E-state index in [2.05, 4.69) is 40.3 Å². The number of hydrogen-bond donors (Lipinski definition) is 1. The third kappa shape index (κ3) is 4.61. The van der Waals surface area contributed by atoms with Gasteiger partial charge < -0.3 is 5.32 Å². The van der Waals surface area contributed by atoms with Gasteiger partial charge in [0.25, 0.3) is 0 Å². The standard InChI is InChI=1S/C17H18BrNOS/c1-11-5-4-6-14(9-11)21-13(3)17(20)19-16-8-7-12(2)10-15(16)18/h4-10,13H,1-3H3,(H,19,20). The fourth-order valence-electron chi connectivity index (χ4n) is 1.90. The molecule has 2 aromatic rings. The first-order valence-electron chi connectivity index (χ1n) is 6.76. The smallest absolute Gasteiger partial charge is 0.237 e. The molecule has 2 nitrogen and oxygen atoms in total. The van der Waals surface area contributed by atoms with Crippen molar-refractivity contribution >= 4 is 39.3 Å². The van der Waals surface area contributed by atoms with Gasteiger partial charge in [0.15, 0.2) is 0 Å². The van der Waals surface area contributed by atoms with Gasteiger partial charge in [-0.3, -0.25) is 4.79 Å². The highest BCUT2D eigenvalue weighted by Gasteiger charge is 2.15. The van der Waals surface area contributed by atoms with Crippen LogP contribution < -0.4 is 5.32 Å². The van der Waals surface area contributed by atoms with E-state index in [9.17, 15) is 4.79 Å². The molecule has 1 amide bonds. The molecule has 0 spiro atoms. The minimum atomic E-state index is -0.153. The van der Waals surface area contributed by atoms with Gasteiger partial charge >= 0.3 is 0 Å². The summed E-state index contributed by atoms with van der Waals surface area (Å²) in [6.45, 7) is 6.00. The first-order chi connectivity index (χ1) is 9.95. The molecule has 1 atom stereocenters. The van der Waals surface area contributed by atoms with Gasteiger partial charge in [-0.25, -0.2) is 0 Å². The van der Waals surface area contributed by atoms with Crippen molar-refractivity contribution in [2.24, 2.45) is 0 Å². The highest BCUT2D eigenvalue weighted by Crippen LogP contribution is 2.27. The lowest BCUT2D eigenvalue weighted by Gasteiger charge is -2.13. The fourth-order valence-corrected chi connectivity index (χ4v) is 3.48. The molecule has 0 aromatic heterocycles. The maximum atomic E-state index is 12.3. The van der Waals surface area contributed by atoms with E-state index in [4.69, 9.17) is 0 Å². The maximum Gasteiger partial charge on any atom is 0.237 e. The Hall–Kier alpha value is -1.26. The molecular formula is C17H18BrNOS. The van der Waals surface area contributed by atoms with Crippen molar-refractivity contribution in [3.05, 3.63) is 58.1 Å². The second-order valence-electron chi connectivity index (χ2n) is 5.05. The molecule has 1 unspecified atom stereocenters. The van der Waals surface area contributed by atoms with Gasteiger partial charge in [0.2, 0.25) is 5.91 Å². The highest BCUT2D eigenvalue weighted by molar-refractivity contribution is 9.10. The maximum absolute atomic E-state index is 12.3. The summed E-state index contributed by atoms with van der Waals surface area (Å²) in [4.78, 5) is 13.4. The van der Waals surface area contributed by atoms with E-state index in [1.54, 1.807) is 11.8 Å². The summed E-state index contributed by atoms with van der Waals surface area (Å²) in [6, 6.07) is 14.1. The second kappa shape index (κ2) is 7.14. The molecule has 110 valence electrons. The Kier molecular flexibility index (Phi) is 5.48. The largest absolute Gasteiger partial charge is 0.324 e. The van der Waals surface area contributed by atoms with Crippen molar-refractivity contribution in [2.75, 3.05) is 5.32 Å². The van der Waals surface area contributed by atoms with Gasteiger partial charge in [-0.1, -0.05) is 23.8 Å². The number of amides is 1. The van der Waals surface area contributed by atoms with Crippen molar-refractivity contribution in [2.45, 2.75) is 30.9 Å². The van der Waals surface area contributed by atoms with Crippen molar-refractivity contribution in [1.29, 1.82) is 0 Å². The topological polar surface area (TPSA) is 29.1 Å². The van der Waals surface area contributed by atoms with Gasteiger partial charge in [-0.15, -0.1) is 11.8 Å². The lowest BCUT2D eigenvalue weighted by atomic mass is 10.2. The molecule has 0 radical (unpaired) electrons. The molecule has 0 bridgehead atoms. The van der Waals surface area contributed by atoms with Crippen LogP contribution in [0.3, 0.4) is 0 Å². The van der Waals surface area contributed by atoms with Gasteiger partial charge in [0.05, 0.1) is 10.9 Å². The number of anilines is 1. The molecule has 0 aliphatic heterocycles. The Morgan fingerprint density at radius 1 is 1.14 bits per heavy atom. The van der Waals surface area contributed by atoms with Crippen molar-refractivity contribution in [3.63, 3.8) is 0 Å². The Bertz CT molecular complexity index is 657. The summed E-state index contributed by atoms with van der Waals surface area (Å²) in [5.41, 5.74) is 3.17. The number of aryl methyl sites for hydroxylation is 2. The Morgan fingerprint density at radius 3 is 2.52 bits per heavy atom. The summed E-state index contributed by atoms with van der Waals surface area (Å²) in [5.74, 6) is 0.00561. The number of thioether (sulfide) groups is 1. The Labute approximate surface area is 138 Å². The predicted octanol–water partition coefficient (Wildman–Crippen LogP) is 5.19. The molecule has 4 heteroatoms. The van der Waals surface area contributed by atoms with Crippen molar-refractivity contribution < 1.29 is 4.79 Å². The number of benzene rings is 2. The molecule has 0 aliphatic carbocycles. The molecule has 1 N–H and O–H groups in total. The molecule has 0 aliphatic rings. The summed E-state index contributed by atoms with van der Waals surface area (Å²) in [6.07, 6.45) is 0. The second-order valence-corrected chi connectivity index (χ2v) is 7.32. The number of nitrogens with one attached hydrogen (secondary N) is 1. The van der Waals surface area contributed by atoms with E-state index in [1.807, 2.05) is 44.2 Å². The summed E-state index contributed by atoms with van der Waals surface area (Å²) in [5, 5.41) is 2.81. The minimum absolute atomic E-state index is 0.00561. The number of hydrogen-bond acceptors (Lipinski definition) is 2. The first kappa shape index (κ1) is 16.1. The summed E-state index contributed by atoms with van der Waals surface area (Å²) in [7, 11) is 0. The third-order valence-electron chi connectivity index (χ3n) is 3.05. The number of carbonyl (C=O) groups is 1. The van der Waals surface area contributed by atoms with Crippen LogP contribution in [0.2, 0.25) is 0 Å².